The van der Waals surface area contributed by atoms with Crippen LogP contribution in [0.1, 0.15) is 20.8 Å². The molecule has 0 bridgehead atoms. The second-order valence-corrected chi connectivity index (χ2v) is 4.88. The number of hydrogen-bond donors (Lipinski definition) is 1. The lowest BCUT2D eigenvalue weighted by atomic mass is 9.87. The molecule has 1 rings (SSSR count). The highest BCUT2D eigenvalue weighted by atomic mass is 32.2. The monoisotopic (exact) mass is 173 g/mol. The summed E-state index contributed by atoms with van der Waals surface area (Å²) in [7, 11) is 0. The number of carbonyl (C=O) groups is 2. The van der Waals surface area contributed by atoms with Crippen LogP contribution in [0.2, 0.25) is 0 Å². The van der Waals surface area contributed by atoms with Crippen LogP contribution in [-0.2, 0) is 9.59 Å². The Labute approximate surface area is 69.9 Å². The van der Waals surface area contributed by atoms with E-state index in [-0.39, 0.29) is 9.86 Å². The van der Waals surface area contributed by atoms with Gasteiger partial charge in [-0.05, 0) is 20.8 Å². The van der Waals surface area contributed by atoms with E-state index < -0.39 is 5.54 Å². The summed E-state index contributed by atoms with van der Waals surface area (Å²) >= 11 is 1.27. The molecular formula is C7H11NO2S. The van der Waals surface area contributed by atoms with Gasteiger partial charge in [0.1, 0.15) is 5.54 Å². The van der Waals surface area contributed by atoms with Crippen molar-refractivity contribution in [2.45, 2.75) is 31.1 Å². The summed E-state index contributed by atoms with van der Waals surface area (Å²) < 4.78 is -0.176. The Morgan fingerprint density at radius 2 is 2.00 bits per heavy atom. The van der Waals surface area contributed by atoms with E-state index in [1.807, 2.05) is 13.8 Å². The van der Waals surface area contributed by atoms with Gasteiger partial charge < -0.3 is 5.32 Å². The highest BCUT2D eigenvalue weighted by molar-refractivity contribution is 8.17. The maximum Gasteiger partial charge on any atom is 0.216 e. The molecule has 0 aromatic carbocycles. The van der Waals surface area contributed by atoms with Crippen LogP contribution in [0.4, 0.5) is 0 Å². The summed E-state index contributed by atoms with van der Waals surface area (Å²) in [6.07, 6.45) is 0.583. The van der Waals surface area contributed by atoms with Gasteiger partial charge in [0.05, 0.1) is 0 Å². The Hall–Kier alpha value is -0.510. The van der Waals surface area contributed by atoms with E-state index in [2.05, 4.69) is 5.32 Å². The number of carbonyl (C=O) groups excluding carboxylic acids is 2. The molecule has 0 aromatic rings. The molecule has 11 heavy (non-hydrogen) atoms. The van der Waals surface area contributed by atoms with E-state index >= 15 is 0 Å². The molecule has 1 unspecified atom stereocenters. The van der Waals surface area contributed by atoms with Crippen molar-refractivity contribution in [1.29, 1.82) is 0 Å². The van der Waals surface area contributed by atoms with E-state index in [0.717, 1.165) is 0 Å². The molecule has 0 aromatic heterocycles. The molecule has 0 spiro atoms. The van der Waals surface area contributed by atoms with Crippen LogP contribution in [0.15, 0.2) is 0 Å². The fraction of sp³-hybridized carbons (Fsp3) is 0.714. The summed E-state index contributed by atoms with van der Waals surface area (Å²) in [5, 5.41) is 2.58. The van der Waals surface area contributed by atoms with E-state index in [1.54, 1.807) is 6.92 Å². The van der Waals surface area contributed by atoms with Gasteiger partial charge in [0.2, 0.25) is 11.5 Å². The number of thioether (sulfide) groups is 1. The summed E-state index contributed by atoms with van der Waals surface area (Å²) in [4.78, 5) is 21.3. The van der Waals surface area contributed by atoms with Crippen molar-refractivity contribution >= 4 is 23.3 Å². The van der Waals surface area contributed by atoms with Crippen molar-refractivity contribution < 1.29 is 9.59 Å². The van der Waals surface area contributed by atoms with Gasteiger partial charge in [-0.25, -0.2) is 0 Å². The van der Waals surface area contributed by atoms with Gasteiger partial charge in [-0.2, -0.15) is 0 Å². The van der Waals surface area contributed by atoms with Gasteiger partial charge in [0.15, 0.2) is 0 Å². The standard InChI is InChI=1S/C7H11NO2S/c1-6(2)7(3,8-4-9)5(10)11-6/h4H,1-3H3,(H,8,9). The first-order chi connectivity index (χ1) is 4.94. The van der Waals surface area contributed by atoms with Crippen LogP contribution >= 0.6 is 11.8 Å². The average Bonchev–Trinajstić information content (AvgIpc) is 1.87. The lowest BCUT2D eigenvalue weighted by Gasteiger charge is -2.50. The van der Waals surface area contributed by atoms with Crippen molar-refractivity contribution in [2.24, 2.45) is 0 Å². The van der Waals surface area contributed by atoms with Crippen molar-refractivity contribution in [3.05, 3.63) is 0 Å². The van der Waals surface area contributed by atoms with Crippen molar-refractivity contribution in [2.75, 3.05) is 0 Å². The largest absolute Gasteiger partial charge is 0.344 e. The second kappa shape index (κ2) is 2.24. The zero-order valence-corrected chi connectivity index (χ0v) is 7.62. The van der Waals surface area contributed by atoms with Gasteiger partial charge in [0, 0.05) is 4.75 Å². The minimum atomic E-state index is -0.667. The lowest BCUT2D eigenvalue weighted by molar-refractivity contribution is -0.123. The van der Waals surface area contributed by atoms with Gasteiger partial charge in [-0.1, -0.05) is 11.8 Å². The second-order valence-electron chi connectivity index (χ2n) is 3.29. The van der Waals surface area contributed by atoms with Crippen molar-refractivity contribution in [3.8, 4) is 0 Å². The number of rotatable bonds is 2. The van der Waals surface area contributed by atoms with E-state index in [1.165, 1.54) is 11.8 Å². The highest BCUT2D eigenvalue weighted by Crippen LogP contribution is 2.49. The highest BCUT2D eigenvalue weighted by Gasteiger charge is 2.58. The first-order valence-electron chi connectivity index (χ1n) is 3.39. The predicted molar refractivity (Wildman–Crippen MR) is 44.3 cm³/mol. The van der Waals surface area contributed by atoms with Crippen LogP contribution in [0.5, 0.6) is 0 Å². The van der Waals surface area contributed by atoms with Gasteiger partial charge in [-0.3, -0.25) is 9.59 Å². The molecule has 3 nitrogen and oxygen atoms in total. The van der Waals surface area contributed by atoms with E-state index in [4.69, 9.17) is 0 Å². The number of nitrogens with one attached hydrogen (secondary N) is 1. The third-order valence-electron chi connectivity index (χ3n) is 2.31. The van der Waals surface area contributed by atoms with Crippen LogP contribution in [0.3, 0.4) is 0 Å². The van der Waals surface area contributed by atoms with E-state index in [0.29, 0.717) is 6.41 Å². The minimum absolute atomic E-state index is 0.0367. The Morgan fingerprint density at radius 3 is 2.18 bits per heavy atom. The molecule has 1 saturated heterocycles. The molecule has 62 valence electrons. The summed E-state index contributed by atoms with van der Waals surface area (Å²) in [6, 6.07) is 0. The fourth-order valence-electron chi connectivity index (χ4n) is 0.986. The van der Waals surface area contributed by atoms with Crippen LogP contribution in [0, 0.1) is 0 Å². The molecule has 1 fully saturated rings. The third kappa shape index (κ3) is 0.965. The summed E-state index contributed by atoms with van der Waals surface area (Å²) in [5.74, 6) is 0. The molecule has 0 radical (unpaired) electrons. The Balaban J connectivity index is 2.82. The molecule has 1 atom stereocenters. The summed E-state index contributed by atoms with van der Waals surface area (Å²) in [5.41, 5.74) is -0.667. The first kappa shape index (κ1) is 8.59. The quantitative estimate of drug-likeness (QED) is 0.620. The van der Waals surface area contributed by atoms with Gasteiger partial charge in [0.25, 0.3) is 0 Å². The first-order valence-corrected chi connectivity index (χ1v) is 4.20. The molecular weight excluding hydrogens is 162 g/mol. The lowest BCUT2D eigenvalue weighted by Crippen LogP contribution is -2.68. The van der Waals surface area contributed by atoms with E-state index in [9.17, 15) is 9.59 Å². The fourth-order valence-corrected chi connectivity index (χ4v) is 2.17. The molecule has 1 amide bonds. The summed E-state index contributed by atoms with van der Waals surface area (Å²) in [6.45, 7) is 5.63. The number of hydrogen-bond acceptors (Lipinski definition) is 3. The van der Waals surface area contributed by atoms with Crippen molar-refractivity contribution in [1.82, 2.24) is 5.32 Å². The normalized spacial score (nSPS) is 34.3. The van der Waals surface area contributed by atoms with Gasteiger partial charge >= 0.3 is 0 Å². The Kier molecular flexibility index (Phi) is 1.75. The third-order valence-corrected chi connectivity index (χ3v) is 3.82. The molecule has 1 N–H and O–H groups in total. The smallest absolute Gasteiger partial charge is 0.216 e. The zero-order valence-electron chi connectivity index (χ0n) is 6.80. The predicted octanol–water partition coefficient (Wildman–Crippen LogP) is 0.543. The van der Waals surface area contributed by atoms with Gasteiger partial charge in [-0.15, -0.1) is 0 Å². The maximum atomic E-state index is 11.1. The van der Waals surface area contributed by atoms with Crippen LogP contribution in [0.25, 0.3) is 0 Å². The van der Waals surface area contributed by atoms with Crippen LogP contribution < -0.4 is 5.32 Å². The zero-order chi connectivity index (χ0) is 8.70. The molecule has 1 heterocycles. The Bertz CT molecular complexity index is 214. The molecule has 1 aliphatic heterocycles. The maximum absolute atomic E-state index is 11.1. The molecule has 4 heteroatoms. The van der Waals surface area contributed by atoms with Crippen LogP contribution in [-0.4, -0.2) is 21.8 Å². The average molecular weight is 173 g/mol. The van der Waals surface area contributed by atoms with Crippen molar-refractivity contribution in [3.63, 3.8) is 0 Å². The molecule has 0 aliphatic carbocycles. The minimum Gasteiger partial charge on any atom is -0.344 e. The molecule has 1 aliphatic rings. The topological polar surface area (TPSA) is 46.2 Å². The Morgan fingerprint density at radius 1 is 1.45 bits per heavy atom. The molecule has 0 saturated carbocycles. The SMILES string of the molecule is CC1(C)SC(=O)C1(C)NC=O. The number of amides is 1.